The number of nitrogen functional groups attached to an aromatic ring is 1. The van der Waals surface area contributed by atoms with Crippen LogP contribution in [0.1, 0.15) is 45.0 Å². The van der Waals surface area contributed by atoms with Crippen LogP contribution in [0.5, 0.6) is 0 Å². The van der Waals surface area contributed by atoms with Gasteiger partial charge in [0.1, 0.15) is 17.7 Å². The fourth-order valence-corrected chi connectivity index (χ4v) is 2.20. The van der Waals surface area contributed by atoms with Crippen LogP contribution < -0.4 is 5.73 Å². The summed E-state index contributed by atoms with van der Waals surface area (Å²) in [6.07, 6.45) is 1.78. The van der Waals surface area contributed by atoms with E-state index < -0.39 is 5.60 Å². The molecular weight excluding hydrogens is 244 g/mol. The molecule has 6 nitrogen and oxygen atoms in total. The Morgan fingerprint density at radius 2 is 2.16 bits per heavy atom. The minimum atomic E-state index is -0.498. The number of nitrogens with zero attached hydrogens (tertiary/aromatic N) is 3. The molecule has 2 heterocycles. The Kier molecular flexibility index (Phi) is 3.34. The SMILES string of the molecule is CC1c2ncnc(N)c2CCN1C(=O)OC(C)(C)C. The van der Waals surface area contributed by atoms with E-state index in [2.05, 4.69) is 9.97 Å². The van der Waals surface area contributed by atoms with Crippen LogP contribution in [0.4, 0.5) is 10.6 Å². The average Bonchev–Trinajstić information content (AvgIpc) is 2.28. The Morgan fingerprint density at radius 3 is 2.79 bits per heavy atom. The quantitative estimate of drug-likeness (QED) is 0.774. The fourth-order valence-electron chi connectivity index (χ4n) is 2.20. The van der Waals surface area contributed by atoms with E-state index in [4.69, 9.17) is 10.5 Å². The molecule has 0 aliphatic carbocycles. The number of amides is 1. The first-order chi connectivity index (χ1) is 8.79. The monoisotopic (exact) mass is 264 g/mol. The first kappa shape index (κ1) is 13.6. The molecule has 0 saturated carbocycles. The van der Waals surface area contributed by atoms with Crippen LogP contribution in [0.2, 0.25) is 0 Å². The van der Waals surface area contributed by atoms with Gasteiger partial charge < -0.3 is 10.5 Å². The summed E-state index contributed by atoms with van der Waals surface area (Å²) in [6, 6.07) is -0.149. The van der Waals surface area contributed by atoms with E-state index in [9.17, 15) is 4.79 Å². The smallest absolute Gasteiger partial charge is 0.410 e. The molecule has 1 aromatic heterocycles. The summed E-state index contributed by atoms with van der Waals surface area (Å²) < 4.78 is 5.41. The third-order valence-electron chi connectivity index (χ3n) is 3.11. The highest BCUT2D eigenvalue weighted by atomic mass is 16.6. The number of hydrogen-bond donors (Lipinski definition) is 1. The maximum absolute atomic E-state index is 12.1. The molecule has 0 bridgehead atoms. The minimum absolute atomic E-state index is 0.149. The third kappa shape index (κ3) is 2.77. The van der Waals surface area contributed by atoms with E-state index in [1.165, 1.54) is 6.33 Å². The van der Waals surface area contributed by atoms with E-state index in [1.54, 1.807) is 4.90 Å². The zero-order valence-corrected chi connectivity index (χ0v) is 11.8. The third-order valence-corrected chi connectivity index (χ3v) is 3.11. The fraction of sp³-hybridized carbons (Fsp3) is 0.615. The maximum atomic E-state index is 12.1. The molecule has 0 spiro atoms. The van der Waals surface area contributed by atoms with Crippen molar-refractivity contribution in [3.8, 4) is 0 Å². The highest BCUT2D eigenvalue weighted by molar-refractivity contribution is 5.69. The summed E-state index contributed by atoms with van der Waals surface area (Å²) in [5.74, 6) is 0.501. The van der Waals surface area contributed by atoms with E-state index in [-0.39, 0.29) is 12.1 Å². The van der Waals surface area contributed by atoms with Gasteiger partial charge in [-0.15, -0.1) is 0 Å². The van der Waals surface area contributed by atoms with Crippen LogP contribution in [0.3, 0.4) is 0 Å². The summed E-state index contributed by atoms with van der Waals surface area (Å²) in [7, 11) is 0. The van der Waals surface area contributed by atoms with Crippen LogP contribution in [0.15, 0.2) is 6.33 Å². The highest BCUT2D eigenvalue weighted by Gasteiger charge is 2.32. The van der Waals surface area contributed by atoms with Crippen molar-refractivity contribution in [1.82, 2.24) is 14.9 Å². The molecule has 1 amide bonds. The van der Waals surface area contributed by atoms with Crippen molar-refractivity contribution in [2.45, 2.75) is 45.8 Å². The molecule has 1 aliphatic heterocycles. The van der Waals surface area contributed by atoms with Crippen molar-refractivity contribution in [3.05, 3.63) is 17.6 Å². The molecule has 0 fully saturated rings. The Balaban J connectivity index is 2.22. The van der Waals surface area contributed by atoms with Crippen molar-refractivity contribution in [1.29, 1.82) is 0 Å². The molecule has 6 heteroatoms. The molecule has 2 rings (SSSR count). The number of ether oxygens (including phenoxy) is 1. The molecule has 1 atom stereocenters. The second-order valence-electron chi connectivity index (χ2n) is 5.72. The van der Waals surface area contributed by atoms with Gasteiger partial charge in [-0.1, -0.05) is 0 Å². The van der Waals surface area contributed by atoms with Crippen LogP contribution >= 0.6 is 0 Å². The number of fused-ring (bicyclic) bond motifs is 1. The predicted octanol–water partition coefficient (Wildman–Crippen LogP) is 1.91. The topological polar surface area (TPSA) is 81.3 Å². The van der Waals surface area contributed by atoms with Crippen molar-refractivity contribution < 1.29 is 9.53 Å². The van der Waals surface area contributed by atoms with E-state index in [0.29, 0.717) is 18.8 Å². The number of carbonyl (C=O) groups is 1. The van der Waals surface area contributed by atoms with Crippen molar-refractivity contribution in [3.63, 3.8) is 0 Å². The van der Waals surface area contributed by atoms with Crippen molar-refractivity contribution in [2.24, 2.45) is 0 Å². The average molecular weight is 264 g/mol. The lowest BCUT2D eigenvalue weighted by Crippen LogP contribution is -2.42. The van der Waals surface area contributed by atoms with Crippen LogP contribution in [-0.4, -0.2) is 33.1 Å². The number of rotatable bonds is 0. The van der Waals surface area contributed by atoms with Crippen LogP contribution in [0.25, 0.3) is 0 Å². The summed E-state index contributed by atoms with van der Waals surface area (Å²) in [4.78, 5) is 22.1. The molecule has 0 radical (unpaired) electrons. The van der Waals surface area contributed by atoms with Gasteiger partial charge in [0.15, 0.2) is 0 Å². The summed E-state index contributed by atoms with van der Waals surface area (Å²) >= 11 is 0. The number of anilines is 1. The molecule has 1 aliphatic rings. The lowest BCUT2D eigenvalue weighted by molar-refractivity contribution is 0.0155. The molecule has 1 aromatic rings. The van der Waals surface area contributed by atoms with Gasteiger partial charge in [0.05, 0.1) is 11.7 Å². The van der Waals surface area contributed by atoms with Crippen molar-refractivity contribution in [2.75, 3.05) is 12.3 Å². The lowest BCUT2D eigenvalue weighted by atomic mass is 10.00. The summed E-state index contributed by atoms with van der Waals surface area (Å²) in [5, 5.41) is 0. The van der Waals surface area contributed by atoms with Crippen molar-refractivity contribution >= 4 is 11.9 Å². The first-order valence-electron chi connectivity index (χ1n) is 6.38. The molecular formula is C13H20N4O2. The molecule has 0 saturated heterocycles. The van der Waals surface area contributed by atoms with Gasteiger partial charge in [0.25, 0.3) is 0 Å². The van der Waals surface area contributed by atoms with Gasteiger partial charge in [0, 0.05) is 12.1 Å². The number of aromatic nitrogens is 2. The highest BCUT2D eigenvalue weighted by Crippen LogP contribution is 2.30. The Morgan fingerprint density at radius 1 is 1.47 bits per heavy atom. The Bertz CT molecular complexity index is 496. The van der Waals surface area contributed by atoms with Gasteiger partial charge in [-0.3, -0.25) is 4.90 Å². The van der Waals surface area contributed by atoms with Crippen LogP contribution in [-0.2, 0) is 11.2 Å². The first-order valence-corrected chi connectivity index (χ1v) is 6.38. The van der Waals surface area contributed by atoms with E-state index in [0.717, 1.165) is 11.3 Å². The zero-order chi connectivity index (χ0) is 14.2. The predicted molar refractivity (Wildman–Crippen MR) is 71.5 cm³/mol. The maximum Gasteiger partial charge on any atom is 0.410 e. The Labute approximate surface area is 113 Å². The van der Waals surface area contributed by atoms with Crippen LogP contribution in [0, 0.1) is 0 Å². The normalized spacial score (nSPS) is 18.9. The standard InChI is InChI=1S/C13H20N4O2/c1-8-10-9(11(14)16-7-15-10)5-6-17(8)12(18)19-13(2,3)4/h7-8H,5-6H2,1-4H3,(H2,14,15,16). The molecule has 0 aromatic carbocycles. The van der Waals surface area contributed by atoms with Gasteiger partial charge in [-0.05, 0) is 34.1 Å². The zero-order valence-electron chi connectivity index (χ0n) is 11.8. The Hall–Kier alpha value is -1.85. The summed E-state index contributed by atoms with van der Waals surface area (Å²) in [6.45, 7) is 8.06. The van der Waals surface area contributed by atoms with Gasteiger partial charge in [-0.25, -0.2) is 14.8 Å². The molecule has 19 heavy (non-hydrogen) atoms. The van der Waals surface area contributed by atoms with Gasteiger partial charge >= 0.3 is 6.09 Å². The number of carbonyl (C=O) groups excluding carboxylic acids is 1. The number of nitrogens with two attached hydrogens (primary N) is 1. The van der Waals surface area contributed by atoms with Gasteiger partial charge in [0.2, 0.25) is 0 Å². The van der Waals surface area contributed by atoms with E-state index >= 15 is 0 Å². The number of hydrogen-bond acceptors (Lipinski definition) is 5. The second kappa shape index (κ2) is 4.68. The largest absolute Gasteiger partial charge is 0.444 e. The van der Waals surface area contributed by atoms with Gasteiger partial charge in [-0.2, -0.15) is 0 Å². The molecule has 1 unspecified atom stereocenters. The summed E-state index contributed by atoms with van der Waals surface area (Å²) in [5.41, 5.74) is 7.09. The minimum Gasteiger partial charge on any atom is -0.444 e. The molecule has 104 valence electrons. The second-order valence-corrected chi connectivity index (χ2v) is 5.72. The lowest BCUT2D eigenvalue weighted by Gasteiger charge is -2.35. The van der Waals surface area contributed by atoms with E-state index in [1.807, 2.05) is 27.7 Å². The molecule has 2 N–H and O–H groups in total.